The second kappa shape index (κ2) is 7.51. The molecule has 0 saturated carbocycles. The Bertz CT molecular complexity index is 780. The van der Waals surface area contributed by atoms with Gasteiger partial charge < -0.3 is 5.32 Å². The molecule has 1 unspecified atom stereocenters. The Morgan fingerprint density at radius 3 is 2.20 bits per heavy atom. The van der Waals surface area contributed by atoms with Crippen LogP contribution in [0.25, 0.3) is 0 Å². The van der Waals surface area contributed by atoms with Crippen molar-refractivity contribution in [1.82, 2.24) is 15.9 Å². The molecular formula is C18H20BrN5S. The Morgan fingerprint density at radius 2 is 1.60 bits per heavy atom. The van der Waals surface area contributed by atoms with Gasteiger partial charge in [0.2, 0.25) is 0 Å². The highest BCUT2D eigenvalue weighted by molar-refractivity contribution is 8.93. The number of rotatable bonds is 3. The number of para-hydroxylation sites is 1. The van der Waals surface area contributed by atoms with E-state index in [1.165, 1.54) is 10.6 Å². The van der Waals surface area contributed by atoms with Gasteiger partial charge >= 0.3 is 0 Å². The molecule has 0 saturated heterocycles. The molecule has 0 aromatic heterocycles. The molecule has 0 fully saturated rings. The third-order valence-electron chi connectivity index (χ3n) is 4.03. The number of amidine groups is 1. The van der Waals surface area contributed by atoms with E-state index in [4.69, 9.17) is 5.10 Å². The molecule has 2 aromatic rings. The van der Waals surface area contributed by atoms with Gasteiger partial charge in [-0.3, -0.25) is 5.43 Å². The Kier molecular flexibility index (Phi) is 5.36. The largest absolute Gasteiger partial charge is 0.361 e. The van der Waals surface area contributed by atoms with Gasteiger partial charge in [0, 0.05) is 16.2 Å². The van der Waals surface area contributed by atoms with Crippen molar-refractivity contribution in [3.05, 3.63) is 76.8 Å². The van der Waals surface area contributed by atoms with Crippen molar-refractivity contribution < 1.29 is 0 Å². The van der Waals surface area contributed by atoms with Crippen molar-refractivity contribution in [3.8, 4) is 0 Å². The van der Waals surface area contributed by atoms with Gasteiger partial charge in [-0.05, 0) is 26.0 Å². The van der Waals surface area contributed by atoms with E-state index in [0.29, 0.717) is 0 Å². The summed E-state index contributed by atoms with van der Waals surface area (Å²) in [5.74, 6) is 0.837. The van der Waals surface area contributed by atoms with Crippen LogP contribution in [-0.4, -0.2) is 16.5 Å². The van der Waals surface area contributed by atoms with Crippen LogP contribution in [0.15, 0.2) is 76.4 Å². The fraction of sp³-hybridized carbons (Fsp3) is 0.167. The lowest BCUT2D eigenvalue weighted by molar-refractivity contribution is 0.204. The number of anilines is 1. The monoisotopic (exact) mass is 417 g/mol. The van der Waals surface area contributed by atoms with Crippen LogP contribution in [0.3, 0.4) is 0 Å². The third kappa shape index (κ3) is 3.53. The van der Waals surface area contributed by atoms with Gasteiger partial charge in [-0.1, -0.05) is 65.4 Å². The minimum atomic E-state index is 0. The zero-order chi connectivity index (χ0) is 16.5. The van der Waals surface area contributed by atoms with Crippen LogP contribution in [0.5, 0.6) is 0 Å². The van der Waals surface area contributed by atoms with E-state index in [-0.39, 0.29) is 22.5 Å². The van der Waals surface area contributed by atoms with E-state index in [1.54, 1.807) is 11.8 Å². The number of thioether (sulfide) groups is 1. The second-order valence-corrected chi connectivity index (χ2v) is 6.99. The summed E-state index contributed by atoms with van der Waals surface area (Å²) in [6.45, 7) is 4.24. The molecule has 2 aliphatic heterocycles. The van der Waals surface area contributed by atoms with Gasteiger partial charge in [-0.25, -0.2) is 0 Å². The quantitative estimate of drug-likeness (QED) is 0.788. The van der Waals surface area contributed by atoms with Gasteiger partial charge in [-0.2, -0.15) is 5.12 Å². The van der Waals surface area contributed by atoms with E-state index >= 15 is 0 Å². The normalized spacial score (nSPS) is 20.0. The number of halogens is 1. The second-order valence-electron chi connectivity index (χ2n) is 5.69. The lowest BCUT2D eigenvalue weighted by Gasteiger charge is -2.31. The number of hydrazine groups is 2. The topological polar surface area (TPSA) is 42.9 Å². The third-order valence-corrected chi connectivity index (χ3v) is 5.23. The Balaban J connectivity index is 0.00000182. The van der Waals surface area contributed by atoms with Crippen LogP contribution >= 0.6 is 28.7 Å². The maximum atomic E-state index is 4.80. The fourth-order valence-corrected chi connectivity index (χ4v) is 3.67. The van der Waals surface area contributed by atoms with Crippen LogP contribution in [-0.2, 0) is 0 Å². The standard InChI is InChI=1S/C18H19N5S.BrH/c1-13-14(2)24-18(19-13)23-21-17(15-9-5-3-6-10-15)20-22(23)16-11-7-4-8-12-16;/h3-12,18-19H,1-2H3,(H,20,21);1H. The maximum absolute atomic E-state index is 4.80. The summed E-state index contributed by atoms with van der Waals surface area (Å²) < 4.78 is 0. The molecule has 2 heterocycles. The van der Waals surface area contributed by atoms with Crippen LogP contribution < -0.4 is 15.9 Å². The molecule has 1 atom stereocenters. The molecule has 0 amide bonds. The molecule has 5 nitrogen and oxygen atoms in total. The first-order chi connectivity index (χ1) is 11.7. The van der Waals surface area contributed by atoms with Gasteiger partial charge in [-0.15, -0.1) is 22.1 Å². The molecule has 0 spiro atoms. The molecule has 2 aliphatic rings. The Hall–Kier alpha value is -1.96. The zero-order valence-electron chi connectivity index (χ0n) is 14.0. The minimum absolute atomic E-state index is 0. The summed E-state index contributed by atoms with van der Waals surface area (Å²) >= 11 is 1.78. The number of benzene rings is 2. The van der Waals surface area contributed by atoms with Gasteiger partial charge in [0.05, 0.1) is 5.69 Å². The summed E-state index contributed by atoms with van der Waals surface area (Å²) in [5.41, 5.74) is 6.77. The van der Waals surface area contributed by atoms with Gasteiger partial charge in [0.25, 0.3) is 0 Å². The number of nitrogens with one attached hydrogen (secondary N) is 2. The summed E-state index contributed by atoms with van der Waals surface area (Å²) in [6, 6.07) is 20.3. The van der Waals surface area contributed by atoms with Crippen molar-refractivity contribution in [3.63, 3.8) is 0 Å². The van der Waals surface area contributed by atoms with Gasteiger partial charge in [0.15, 0.2) is 11.3 Å². The summed E-state index contributed by atoms with van der Waals surface area (Å²) in [6.07, 6.45) is 0. The smallest absolute Gasteiger partial charge is 0.171 e. The first-order valence-corrected chi connectivity index (χ1v) is 8.76. The maximum Gasteiger partial charge on any atom is 0.171 e. The molecule has 0 radical (unpaired) electrons. The number of hydrogen-bond donors (Lipinski definition) is 2. The molecule has 4 rings (SSSR count). The van der Waals surface area contributed by atoms with Gasteiger partial charge in [0.1, 0.15) is 0 Å². The van der Waals surface area contributed by atoms with Crippen molar-refractivity contribution in [2.45, 2.75) is 19.3 Å². The van der Waals surface area contributed by atoms with E-state index in [9.17, 15) is 0 Å². The van der Waals surface area contributed by atoms with Crippen LogP contribution in [0.2, 0.25) is 0 Å². The number of allylic oxidation sites excluding steroid dienone is 2. The fourth-order valence-electron chi connectivity index (χ4n) is 2.62. The average Bonchev–Trinajstić information content (AvgIpc) is 3.21. The van der Waals surface area contributed by atoms with Crippen molar-refractivity contribution >= 4 is 40.3 Å². The Labute approximate surface area is 162 Å². The Morgan fingerprint density at radius 1 is 0.960 bits per heavy atom. The SMILES string of the molecule is Br.CC1=C(C)SC(N2NC(c3ccccc3)=NN2c2ccccc2)N1. The summed E-state index contributed by atoms with van der Waals surface area (Å²) in [4.78, 5) is 1.29. The molecule has 2 N–H and O–H groups in total. The van der Waals surface area contributed by atoms with Crippen LogP contribution in [0.1, 0.15) is 19.4 Å². The van der Waals surface area contributed by atoms with E-state index < -0.39 is 0 Å². The van der Waals surface area contributed by atoms with Crippen molar-refractivity contribution in [1.29, 1.82) is 0 Å². The lowest BCUT2D eigenvalue weighted by Crippen LogP contribution is -2.53. The zero-order valence-corrected chi connectivity index (χ0v) is 16.5. The molecule has 0 bridgehead atoms. The number of hydrazone groups is 1. The predicted molar refractivity (Wildman–Crippen MR) is 110 cm³/mol. The minimum Gasteiger partial charge on any atom is -0.361 e. The average molecular weight is 418 g/mol. The molecular weight excluding hydrogens is 398 g/mol. The van der Waals surface area contributed by atoms with E-state index in [1.807, 2.05) is 46.6 Å². The molecule has 7 heteroatoms. The number of nitrogens with zero attached hydrogens (tertiary/aromatic N) is 3. The molecule has 130 valence electrons. The molecule has 2 aromatic carbocycles. The summed E-state index contributed by atoms with van der Waals surface area (Å²) in [7, 11) is 0. The van der Waals surface area contributed by atoms with Crippen molar-refractivity contribution in [2.75, 3.05) is 5.12 Å². The van der Waals surface area contributed by atoms with E-state index in [2.05, 4.69) is 48.9 Å². The van der Waals surface area contributed by atoms with Crippen LogP contribution in [0.4, 0.5) is 5.69 Å². The highest BCUT2D eigenvalue weighted by Crippen LogP contribution is 2.34. The van der Waals surface area contributed by atoms with E-state index in [0.717, 1.165) is 17.1 Å². The lowest BCUT2D eigenvalue weighted by atomic mass is 10.2. The summed E-state index contributed by atoms with van der Waals surface area (Å²) in [5, 5.41) is 12.3. The van der Waals surface area contributed by atoms with Crippen LogP contribution in [0, 0.1) is 0 Å². The first kappa shape index (κ1) is 17.8. The van der Waals surface area contributed by atoms with Crippen molar-refractivity contribution in [2.24, 2.45) is 5.10 Å². The highest BCUT2D eigenvalue weighted by Gasteiger charge is 2.35. The first-order valence-electron chi connectivity index (χ1n) is 7.88. The number of hydrogen-bond acceptors (Lipinski definition) is 6. The predicted octanol–water partition coefficient (Wildman–Crippen LogP) is 4.04. The molecule has 0 aliphatic carbocycles. The molecule has 25 heavy (non-hydrogen) atoms. The highest BCUT2D eigenvalue weighted by atomic mass is 79.9.